The Balaban J connectivity index is 3.48. The minimum Gasteiger partial charge on any atom is -0.507 e. The molecule has 1 rings (SSSR count). The average Bonchev–Trinajstić information content (AvgIpc) is 2.87. The van der Waals surface area contributed by atoms with Crippen LogP contribution in [0.4, 0.5) is 5.69 Å². The van der Waals surface area contributed by atoms with Crippen molar-refractivity contribution in [3.63, 3.8) is 0 Å². The fraction of sp³-hybridized carbons (Fsp3) is 0.480. The number of carbonyl (C=O) groups is 6. The SMILES string of the molecule is NC(c1cc(N=C=S)cc(C(N)C(CCN(CC(=O)O)CC(=O)O)C(=O)O)c1O)C(CCN(CC(=O)O)CC(=O)O)C(=O)O. The Kier molecular flexibility index (Phi) is 15.0. The van der Waals surface area contributed by atoms with Crippen LogP contribution in [0.3, 0.4) is 0 Å². The van der Waals surface area contributed by atoms with Gasteiger partial charge in [-0.25, -0.2) is 0 Å². The van der Waals surface area contributed by atoms with Crippen LogP contribution >= 0.6 is 12.2 Å². The zero-order chi connectivity index (χ0) is 33.7. The summed E-state index contributed by atoms with van der Waals surface area (Å²) < 4.78 is 0. The van der Waals surface area contributed by atoms with Gasteiger partial charge in [0.2, 0.25) is 0 Å². The molecule has 1 aromatic rings. The summed E-state index contributed by atoms with van der Waals surface area (Å²) in [5.74, 6) is -12.1. The summed E-state index contributed by atoms with van der Waals surface area (Å²) in [6.07, 6.45) is -0.724. The van der Waals surface area contributed by atoms with E-state index in [4.69, 9.17) is 31.9 Å². The van der Waals surface area contributed by atoms with E-state index in [9.17, 15) is 44.1 Å². The molecule has 0 bridgehead atoms. The van der Waals surface area contributed by atoms with Crippen molar-refractivity contribution >= 4 is 58.9 Å². The number of benzene rings is 1. The molecule has 0 aliphatic carbocycles. The van der Waals surface area contributed by atoms with Crippen molar-refractivity contribution in [3.8, 4) is 5.75 Å². The molecule has 0 heterocycles. The quantitative estimate of drug-likeness (QED) is 0.0587. The second kappa shape index (κ2) is 17.6. The highest BCUT2D eigenvalue weighted by atomic mass is 32.1. The van der Waals surface area contributed by atoms with E-state index < -0.39 is 91.7 Å². The van der Waals surface area contributed by atoms with Crippen LogP contribution in [-0.2, 0) is 28.8 Å². The van der Waals surface area contributed by atoms with Gasteiger partial charge in [-0.05, 0) is 37.2 Å². The predicted molar refractivity (Wildman–Crippen MR) is 152 cm³/mol. The molecule has 0 saturated carbocycles. The largest absolute Gasteiger partial charge is 0.507 e. The third-order valence-electron chi connectivity index (χ3n) is 6.50. The van der Waals surface area contributed by atoms with Gasteiger partial charge in [-0.15, -0.1) is 0 Å². The smallest absolute Gasteiger partial charge is 0.317 e. The first-order valence-electron chi connectivity index (χ1n) is 12.7. The lowest BCUT2D eigenvalue weighted by Crippen LogP contribution is -2.38. The zero-order valence-corrected chi connectivity index (χ0v) is 23.9. The first kappa shape index (κ1) is 37.5. The van der Waals surface area contributed by atoms with Gasteiger partial charge in [0.15, 0.2) is 0 Å². The number of aliphatic imine (C=N–C) groups is 1. The lowest BCUT2D eigenvalue weighted by Gasteiger charge is -2.28. The Bertz CT molecular complexity index is 1190. The fourth-order valence-electron chi connectivity index (χ4n) is 4.47. The Hall–Kier alpha value is -4.52. The molecule has 0 aliphatic heterocycles. The number of carboxylic acids is 6. The van der Waals surface area contributed by atoms with Gasteiger partial charge >= 0.3 is 35.8 Å². The molecule has 1 aromatic carbocycles. The predicted octanol–water partition coefficient (Wildman–Crippen LogP) is -0.750. The van der Waals surface area contributed by atoms with E-state index in [1.54, 1.807) is 0 Å². The molecular formula is C25H33N5O13S. The monoisotopic (exact) mass is 643 g/mol. The van der Waals surface area contributed by atoms with Gasteiger partial charge in [-0.1, -0.05) is 0 Å². The van der Waals surface area contributed by atoms with E-state index >= 15 is 0 Å². The fourth-order valence-corrected chi connectivity index (χ4v) is 4.58. The van der Waals surface area contributed by atoms with Crippen LogP contribution in [0.25, 0.3) is 0 Å². The zero-order valence-electron chi connectivity index (χ0n) is 23.1. The van der Waals surface area contributed by atoms with Crippen molar-refractivity contribution in [2.24, 2.45) is 28.3 Å². The van der Waals surface area contributed by atoms with E-state index in [2.05, 4.69) is 22.4 Å². The molecule has 0 spiro atoms. The summed E-state index contributed by atoms with van der Waals surface area (Å²) in [6, 6.07) is -0.732. The van der Waals surface area contributed by atoms with Gasteiger partial charge in [0.1, 0.15) is 5.75 Å². The summed E-state index contributed by atoms with van der Waals surface area (Å²) in [4.78, 5) is 74.5. The Morgan fingerprint density at radius 2 is 1.02 bits per heavy atom. The van der Waals surface area contributed by atoms with E-state index in [0.29, 0.717) is 0 Å². The number of rotatable bonds is 21. The van der Waals surface area contributed by atoms with Crippen molar-refractivity contribution in [2.45, 2.75) is 24.9 Å². The van der Waals surface area contributed by atoms with E-state index in [-0.39, 0.29) is 42.7 Å². The number of hydrogen-bond donors (Lipinski definition) is 9. The number of carboxylic acid groups (broad SMARTS) is 6. The van der Waals surface area contributed by atoms with Gasteiger partial charge in [0.25, 0.3) is 0 Å². The molecule has 0 fully saturated rings. The molecule has 11 N–H and O–H groups in total. The maximum Gasteiger partial charge on any atom is 0.317 e. The summed E-state index contributed by atoms with van der Waals surface area (Å²) in [7, 11) is 0. The number of nitrogens with zero attached hydrogens (tertiary/aromatic N) is 3. The third-order valence-corrected chi connectivity index (χ3v) is 6.59. The van der Waals surface area contributed by atoms with Gasteiger partial charge < -0.3 is 47.2 Å². The molecule has 18 nitrogen and oxygen atoms in total. The van der Waals surface area contributed by atoms with Crippen LogP contribution in [0.1, 0.15) is 36.1 Å². The molecule has 0 amide bonds. The Labute approximate surface area is 254 Å². The molecule has 242 valence electrons. The number of phenolic OH excluding ortho intramolecular Hbond substituents is 1. The highest BCUT2D eigenvalue weighted by Gasteiger charge is 2.34. The third kappa shape index (κ3) is 12.0. The van der Waals surface area contributed by atoms with Crippen LogP contribution in [0, 0.1) is 11.8 Å². The highest BCUT2D eigenvalue weighted by molar-refractivity contribution is 7.78. The van der Waals surface area contributed by atoms with E-state index in [0.717, 1.165) is 21.9 Å². The summed E-state index contributed by atoms with van der Waals surface area (Å²) in [5.41, 5.74) is 11.9. The van der Waals surface area contributed by atoms with E-state index in [1.165, 1.54) is 0 Å². The molecule has 0 saturated heterocycles. The van der Waals surface area contributed by atoms with E-state index in [1.807, 2.05) is 0 Å². The van der Waals surface area contributed by atoms with Gasteiger partial charge in [-0.2, -0.15) is 4.99 Å². The van der Waals surface area contributed by atoms with Crippen LogP contribution in [0.2, 0.25) is 0 Å². The molecule has 4 atom stereocenters. The van der Waals surface area contributed by atoms with Crippen LogP contribution < -0.4 is 11.5 Å². The van der Waals surface area contributed by atoms with Crippen molar-refractivity contribution in [1.82, 2.24) is 9.80 Å². The average molecular weight is 644 g/mol. The summed E-state index contributed by atoms with van der Waals surface area (Å²) in [6.45, 7) is -3.46. The maximum absolute atomic E-state index is 12.2. The second-order valence-corrected chi connectivity index (χ2v) is 9.87. The number of aliphatic carboxylic acids is 6. The standard InChI is InChI=1S/C25H33N5O13S/c26-21(13(24(40)41)1-3-29(7-17(31)32)8-18(33)34)15-5-12(28-11-44)6-16(23(15)39)22(27)14(25(42)43)2-4-30(9-19(35)36)10-20(37)38/h5-6,13-14,21-22,39H,1-4,7-10,26-27H2,(H,31,32)(H,33,34)(H,35,36)(H,37,38)(H,40,41)(H,42,43). The topological polar surface area (TPSA) is 315 Å². The minimum atomic E-state index is -1.53. The lowest BCUT2D eigenvalue weighted by atomic mass is 9.85. The second-order valence-electron chi connectivity index (χ2n) is 9.69. The van der Waals surface area contributed by atoms with Crippen molar-refractivity contribution in [2.75, 3.05) is 39.3 Å². The maximum atomic E-state index is 12.2. The molecule has 0 aliphatic rings. The van der Waals surface area contributed by atoms with Crippen molar-refractivity contribution in [3.05, 3.63) is 23.3 Å². The Morgan fingerprint density at radius 1 is 0.705 bits per heavy atom. The lowest BCUT2D eigenvalue weighted by molar-refractivity contribution is -0.145. The summed E-state index contributed by atoms with van der Waals surface area (Å²) >= 11 is 4.62. The number of phenols is 1. The van der Waals surface area contributed by atoms with Gasteiger partial charge in [0, 0.05) is 36.3 Å². The minimum absolute atomic E-state index is 0.0428. The number of nitrogens with two attached hydrogens (primary N) is 2. The number of thiocarbonyl (C=S) groups is 1. The highest BCUT2D eigenvalue weighted by Crippen LogP contribution is 2.40. The molecule has 0 radical (unpaired) electrons. The molecule has 19 heteroatoms. The van der Waals surface area contributed by atoms with Crippen molar-refractivity contribution in [1.29, 1.82) is 0 Å². The van der Waals surface area contributed by atoms with Crippen LogP contribution in [0.15, 0.2) is 17.1 Å². The molecule has 4 unspecified atom stereocenters. The number of hydrogen-bond acceptors (Lipinski definition) is 13. The van der Waals surface area contributed by atoms with Crippen LogP contribution in [0.5, 0.6) is 5.75 Å². The summed E-state index contributed by atoms with van der Waals surface area (Å²) in [5, 5.41) is 69.2. The number of isothiocyanates is 1. The number of aromatic hydroxyl groups is 1. The first-order valence-corrected chi connectivity index (χ1v) is 13.1. The normalized spacial score (nSPS) is 13.8. The van der Waals surface area contributed by atoms with Gasteiger partial charge in [-0.3, -0.25) is 38.6 Å². The first-order chi connectivity index (χ1) is 20.5. The Morgan fingerprint density at radius 3 is 1.27 bits per heavy atom. The molecule has 44 heavy (non-hydrogen) atoms. The molecular weight excluding hydrogens is 610 g/mol. The van der Waals surface area contributed by atoms with Crippen molar-refractivity contribution < 1.29 is 64.5 Å². The molecule has 0 aromatic heterocycles. The van der Waals surface area contributed by atoms with Gasteiger partial charge in [0.05, 0.1) is 48.9 Å². The van der Waals surface area contributed by atoms with Crippen LogP contribution in [-0.4, -0.2) is 126 Å².